The molecule has 0 radical (unpaired) electrons. The van der Waals surface area contributed by atoms with Gasteiger partial charge in [-0.05, 0) is 48.9 Å². The number of H-pyrrole nitrogens is 1. The average Bonchev–Trinajstić information content (AvgIpc) is 3.37. The van der Waals surface area contributed by atoms with Crippen LogP contribution in [0.1, 0.15) is 67.5 Å². The first kappa shape index (κ1) is 24.9. The molecule has 1 heterocycles. The Balaban J connectivity index is 1.59. The molecule has 1 aromatic carbocycles. The van der Waals surface area contributed by atoms with Gasteiger partial charge in [-0.15, -0.1) is 10.2 Å². The zero-order chi connectivity index (χ0) is 24.1. The summed E-state index contributed by atoms with van der Waals surface area (Å²) in [5, 5.41) is 13.6. The SMILES string of the molecule is O=C1CCC(/C=C/c2cc(C(F)(F)F)cc(C(F)(F)F)c2)C1CCCCCCc1nn[nH]n1. The second-order valence-electron chi connectivity index (χ2n) is 8.25. The van der Waals surface area contributed by atoms with Crippen molar-refractivity contribution in [2.45, 2.75) is 63.7 Å². The van der Waals surface area contributed by atoms with Crippen molar-refractivity contribution in [3.05, 3.63) is 46.8 Å². The van der Waals surface area contributed by atoms with Gasteiger partial charge in [0.25, 0.3) is 0 Å². The lowest BCUT2D eigenvalue weighted by Crippen LogP contribution is -2.13. The van der Waals surface area contributed by atoms with Gasteiger partial charge in [-0.1, -0.05) is 36.6 Å². The zero-order valence-corrected chi connectivity index (χ0v) is 17.7. The molecule has 33 heavy (non-hydrogen) atoms. The van der Waals surface area contributed by atoms with E-state index in [1.807, 2.05) is 0 Å². The molecule has 3 rings (SSSR count). The predicted octanol–water partition coefficient (Wildman–Crippen LogP) is 6.04. The van der Waals surface area contributed by atoms with Crippen LogP contribution in [0.25, 0.3) is 6.08 Å². The lowest BCUT2D eigenvalue weighted by atomic mass is 9.89. The number of rotatable bonds is 9. The Hall–Kier alpha value is -2.72. The van der Waals surface area contributed by atoms with E-state index in [1.165, 1.54) is 6.08 Å². The number of hydrogen-bond acceptors (Lipinski definition) is 4. The number of aryl methyl sites for hydroxylation is 1. The van der Waals surface area contributed by atoms with Crippen LogP contribution in [0.15, 0.2) is 24.3 Å². The van der Waals surface area contributed by atoms with E-state index < -0.39 is 23.5 Å². The molecule has 2 aromatic rings. The number of allylic oxidation sites excluding steroid dienone is 1. The molecule has 1 aliphatic rings. The van der Waals surface area contributed by atoms with E-state index in [4.69, 9.17) is 0 Å². The molecule has 0 aliphatic heterocycles. The number of alkyl halides is 6. The highest BCUT2D eigenvalue weighted by Gasteiger charge is 2.37. The standard InChI is InChI=1S/C22H24F6N4O/c23-21(24,25)16-11-14(12-17(13-16)22(26,27)28)7-8-15-9-10-19(33)18(15)5-3-1-2-4-6-20-29-31-32-30-20/h7-8,11-13,15,18H,1-6,9-10H2,(H,29,30,31,32)/b8-7+. The summed E-state index contributed by atoms with van der Waals surface area (Å²) in [6.07, 6.45) is -1.12. The van der Waals surface area contributed by atoms with Crippen LogP contribution in [0.4, 0.5) is 26.3 Å². The number of ketones is 1. The maximum absolute atomic E-state index is 13.1. The maximum atomic E-state index is 13.1. The van der Waals surface area contributed by atoms with E-state index >= 15 is 0 Å². The summed E-state index contributed by atoms with van der Waals surface area (Å²) in [6.45, 7) is 0. The second-order valence-corrected chi connectivity index (χ2v) is 8.25. The topological polar surface area (TPSA) is 71.5 Å². The van der Waals surface area contributed by atoms with Gasteiger partial charge in [-0.3, -0.25) is 4.79 Å². The number of hydrogen-bond donors (Lipinski definition) is 1. The van der Waals surface area contributed by atoms with Crippen molar-refractivity contribution in [2.75, 3.05) is 0 Å². The van der Waals surface area contributed by atoms with Crippen molar-refractivity contribution in [2.24, 2.45) is 11.8 Å². The summed E-state index contributed by atoms with van der Waals surface area (Å²) in [4.78, 5) is 12.3. The molecule has 11 heteroatoms. The van der Waals surface area contributed by atoms with Crippen LogP contribution in [-0.2, 0) is 23.6 Å². The number of benzene rings is 1. The van der Waals surface area contributed by atoms with Crippen molar-refractivity contribution in [3.8, 4) is 0 Å². The van der Waals surface area contributed by atoms with Crippen LogP contribution in [0.3, 0.4) is 0 Å². The van der Waals surface area contributed by atoms with Gasteiger partial charge in [-0.25, -0.2) is 0 Å². The van der Waals surface area contributed by atoms with Crippen molar-refractivity contribution < 1.29 is 31.1 Å². The third-order valence-electron chi connectivity index (χ3n) is 5.86. The lowest BCUT2D eigenvalue weighted by molar-refractivity contribution is -0.143. The van der Waals surface area contributed by atoms with Gasteiger partial charge in [0.05, 0.1) is 11.1 Å². The van der Waals surface area contributed by atoms with Gasteiger partial charge in [0.2, 0.25) is 0 Å². The first-order valence-electron chi connectivity index (χ1n) is 10.8. The molecule has 1 fully saturated rings. The maximum Gasteiger partial charge on any atom is 0.416 e. The Morgan fingerprint density at radius 2 is 1.64 bits per heavy atom. The minimum atomic E-state index is -4.89. The minimum absolute atomic E-state index is 0.0940. The van der Waals surface area contributed by atoms with E-state index in [0.717, 1.165) is 25.7 Å². The van der Waals surface area contributed by atoms with Crippen molar-refractivity contribution in [1.82, 2.24) is 20.6 Å². The van der Waals surface area contributed by atoms with Gasteiger partial charge in [-0.2, -0.15) is 31.6 Å². The Morgan fingerprint density at radius 1 is 0.970 bits per heavy atom. The first-order valence-corrected chi connectivity index (χ1v) is 10.8. The fourth-order valence-electron chi connectivity index (χ4n) is 4.14. The van der Waals surface area contributed by atoms with E-state index in [9.17, 15) is 31.1 Å². The smallest absolute Gasteiger partial charge is 0.299 e. The van der Waals surface area contributed by atoms with E-state index in [2.05, 4.69) is 20.6 Å². The summed E-state index contributed by atoms with van der Waals surface area (Å²) in [7, 11) is 0. The van der Waals surface area contributed by atoms with E-state index in [-0.39, 0.29) is 29.2 Å². The monoisotopic (exact) mass is 474 g/mol. The van der Waals surface area contributed by atoms with E-state index in [0.29, 0.717) is 43.6 Å². The molecule has 1 aliphatic carbocycles. The molecule has 0 spiro atoms. The highest BCUT2D eigenvalue weighted by molar-refractivity contribution is 5.84. The fourth-order valence-corrected chi connectivity index (χ4v) is 4.14. The van der Waals surface area contributed by atoms with Crippen LogP contribution in [0.5, 0.6) is 0 Å². The fraction of sp³-hybridized carbons (Fsp3) is 0.545. The lowest BCUT2D eigenvalue weighted by Gasteiger charge is -2.16. The Labute approximate surface area is 186 Å². The second kappa shape index (κ2) is 10.5. The van der Waals surface area contributed by atoms with Crippen LogP contribution < -0.4 is 0 Å². The number of aromatic amines is 1. The third-order valence-corrected chi connectivity index (χ3v) is 5.86. The quantitative estimate of drug-likeness (QED) is 0.355. The molecule has 1 aromatic heterocycles. The highest BCUT2D eigenvalue weighted by atomic mass is 19.4. The van der Waals surface area contributed by atoms with Crippen molar-refractivity contribution in [3.63, 3.8) is 0 Å². The normalized spacial score (nSPS) is 19.6. The molecule has 1 N–H and O–H groups in total. The molecule has 5 nitrogen and oxygen atoms in total. The summed E-state index contributed by atoms with van der Waals surface area (Å²) in [5.41, 5.74) is -2.88. The average molecular weight is 474 g/mol. The van der Waals surface area contributed by atoms with Crippen LogP contribution in [-0.4, -0.2) is 26.4 Å². The zero-order valence-electron chi connectivity index (χ0n) is 17.7. The number of unbranched alkanes of at least 4 members (excludes halogenated alkanes) is 3. The van der Waals surface area contributed by atoms with Gasteiger partial charge in [0.15, 0.2) is 5.82 Å². The molecule has 2 unspecified atom stereocenters. The Morgan fingerprint density at radius 3 is 2.24 bits per heavy atom. The molecule has 0 saturated heterocycles. The van der Waals surface area contributed by atoms with E-state index in [1.54, 1.807) is 6.08 Å². The Bertz CT molecular complexity index is 921. The minimum Gasteiger partial charge on any atom is -0.299 e. The van der Waals surface area contributed by atoms with Crippen LogP contribution in [0, 0.1) is 11.8 Å². The summed E-state index contributed by atoms with van der Waals surface area (Å²) < 4.78 is 78.3. The molecular formula is C22H24F6N4O. The number of carbonyl (C=O) groups is 1. The number of nitrogens with zero attached hydrogens (tertiary/aromatic N) is 3. The molecule has 1 saturated carbocycles. The summed E-state index contributed by atoms with van der Waals surface area (Å²) >= 11 is 0. The number of nitrogens with one attached hydrogen (secondary N) is 1. The largest absolute Gasteiger partial charge is 0.416 e. The summed E-state index contributed by atoms with van der Waals surface area (Å²) in [5.74, 6) is 0.290. The number of carbonyl (C=O) groups excluding carboxylic acids is 1. The predicted molar refractivity (Wildman–Crippen MR) is 108 cm³/mol. The van der Waals surface area contributed by atoms with Crippen LogP contribution in [0.2, 0.25) is 0 Å². The van der Waals surface area contributed by atoms with Gasteiger partial charge >= 0.3 is 12.4 Å². The molecule has 2 atom stereocenters. The van der Waals surface area contributed by atoms with Crippen molar-refractivity contribution >= 4 is 11.9 Å². The molecule has 0 bridgehead atoms. The number of Topliss-reactive ketones (excluding diaryl/α,β-unsaturated/α-hetero) is 1. The molecule has 180 valence electrons. The van der Waals surface area contributed by atoms with Gasteiger partial charge in [0, 0.05) is 18.8 Å². The van der Waals surface area contributed by atoms with Crippen LogP contribution >= 0.6 is 0 Å². The number of tetrazole rings is 1. The molecule has 0 amide bonds. The first-order chi connectivity index (χ1) is 15.5. The number of aromatic nitrogens is 4. The van der Waals surface area contributed by atoms with Gasteiger partial charge in [0.1, 0.15) is 5.78 Å². The number of halogens is 6. The summed E-state index contributed by atoms with van der Waals surface area (Å²) in [6, 6.07) is 1.50. The molecular weight excluding hydrogens is 450 g/mol. The highest BCUT2D eigenvalue weighted by Crippen LogP contribution is 2.38. The Kier molecular flexibility index (Phi) is 7.91. The van der Waals surface area contributed by atoms with Gasteiger partial charge < -0.3 is 0 Å². The third kappa shape index (κ3) is 7.13. The van der Waals surface area contributed by atoms with Crippen molar-refractivity contribution in [1.29, 1.82) is 0 Å².